The maximum Gasteiger partial charge on any atom is 0.416 e. The van der Waals surface area contributed by atoms with Crippen LogP contribution in [0.25, 0.3) is 0 Å². The summed E-state index contributed by atoms with van der Waals surface area (Å²) in [4.78, 5) is 11.8. The molecule has 1 aliphatic heterocycles. The summed E-state index contributed by atoms with van der Waals surface area (Å²) in [6, 6.07) is 12.7. The van der Waals surface area contributed by atoms with Gasteiger partial charge in [0, 0.05) is 4.47 Å². The number of hydrogen-bond acceptors (Lipinski definition) is 2. The largest absolute Gasteiger partial charge is 0.443 e. The van der Waals surface area contributed by atoms with Crippen molar-refractivity contribution in [2.45, 2.75) is 37.5 Å². The zero-order valence-electron chi connectivity index (χ0n) is 14.6. The Labute approximate surface area is 164 Å². The van der Waals surface area contributed by atoms with Gasteiger partial charge in [0.25, 0.3) is 0 Å². The molecule has 2 unspecified atom stereocenters. The lowest BCUT2D eigenvalue weighted by atomic mass is 9.67. The lowest BCUT2D eigenvalue weighted by molar-refractivity contribution is -0.137. The number of alkyl carbamates (subject to hydrolysis) is 1. The fourth-order valence-electron chi connectivity index (χ4n) is 3.81. The van der Waals surface area contributed by atoms with Crippen molar-refractivity contribution in [3.05, 3.63) is 69.7 Å². The molecular weight excluding hydrogens is 423 g/mol. The first-order chi connectivity index (χ1) is 12.8. The Morgan fingerprint density at radius 3 is 2.44 bits per heavy atom. The summed E-state index contributed by atoms with van der Waals surface area (Å²) >= 11 is 3.54. The number of hydrogen-bond donors (Lipinski definition) is 1. The third-order valence-electron chi connectivity index (χ3n) is 4.93. The standard InChI is InChI=1S/C20H19BrF3NO2/c1-2-10-19(17-12-25-18(26)27-17,15-8-3-4-9-16(15)21)13-6-5-7-14(11-13)20(22,23)24/h3-9,11,17H,2,10,12H2,1H3,(H,25,26). The Kier molecular flexibility index (Phi) is 5.51. The van der Waals surface area contributed by atoms with Crippen molar-refractivity contribution in [2.24, 2.45) is 0 Å². The highest BCUT2D eigenvalue weighted by Gasteiger charge is 2.48. The van der Waals surface area contributed by atoms with Crippen molar-refractivity contribution in [1.29, 1.82) is 0 Å². The second-order valence-electron chi connectivity index (χ2n) is 6.55. The van der Waals surface area contributed by atoms with Crippen LogP contribution in [0.5, 0.6) is 0 Å². The van der Waals surface area contributed by atoms with Crippen LogP contribution in [-0.2, 0) is 16.3 Å². The summed E-state index contributed by atoms with van der Waals surface area (Å²) in [6.45, 7) is 2.19. The second kappa shape index (κ2) is 7.54. The summed E-state index contributed by atoms with van der Waals surface area (Å²) in [5.41, 5.74) is -0.347. The smallest absolute Gasteiger partial charge is 0.416 e. The molecule has 1 aliphatic rings. The van der Waals surface area contributed by atoms with E-state index in [9.17, 15) is 18.0 Å². The SMILES string of the molecule is CCCC(c1cccc(C(F)(F)F)c1)(c1ccccc1Br)C1CNC(=O)O1. The summed E-state index contributed by atoms with van der Waals surface area (Å²) in [5.74, 6) is 0. The Morgan fingerprint density at radius 2 is 1.85 bits per heavy atom. The van der Waals surface area contributed by atoms with E-state index in [0.717, 1.165) is 16.1 Å². The van der Waals surface area contributed by atoms with Crippen LogP contribution < -0.4 is 5.32 Å². The summed E-state index contributed by atoms with van der Waals surface area (Å²) in [5, 5.41) is 2.64. The molecule has 7 heteroatoms. The van der Waals surface area contributed by atoms with Crippen molar-refractivity contribution in [3.8, 4) is 0 Å². The van der Waals surface area contributed by atoms with Gasteiger partial charge in [0.15, 0.2) is 0 Å². The average Bonchev–Trinajstić information content (AvgIpc) is 3.06. The molecule has 0 saturated carbocycles. The fourth-order valence-corrected chi connectivity index (χ4v) is 4.45. The van der Waals surface area contributed by atoms with Crippen molar-refractivity contribution in [1.82, 2.24) is 5.32 Å². The van der Waals surface area contributed by atoms with Crippen molar-refractivity contribution in [2.75, 3.05) is 6.54 Å². The van der Waals surface area contributed by atoms with Gasteiger partial charge < -0.3 is 10.1 Å². The van der Waals surface area contributed by atoms with E-state index < -0.39 is 29.4 Å². The van der Waals surface area contributed by atoms with E-state index in [-0.39, 0.29) is 6.54 Å². The number of alkyl halides is 3. The summed E-state index contributed by atoms with van der Waals surface area (Å²) in [6.07, 6.45) is -4.40. The van der Waals surface area contributed by atoms with E-state index in [2.05, 4.69) is 21.2 Å². The number of cyclic esters (lactones) is 1. The summed E-state index contributed by atoms with van der Waals surface area (Å²) < 4.78 is 46.3. The number of benzene rings is 2. The predicted molar refractivity (Wildman–Crippen MR) is 99.5 cm³/mol. The van der Waals surface area contributed by atoms with Gasteiger partial charge in [-0.15, -0.1) is 0 Å². The number of carbonyl (C=O) groups is 1. The van der Waals surface area contributed by atoms with E-state index in [4.69, 9.17) is 4.74 Å². The second-order valence-corrected chi connectivity index (χ2v) is 7.41. The zero-order valence-corrected chi connectivity index (χ0v) is 16.2. The molecule has 2 aromatic rings. The normalized spacial score (nSPS) is 19.3. The lowest BCUT2D eigenvalue weighted by Crippen LogP contribution is -2.43. The molecule has 1 heterocycles. The molecule has 2 aromatic carbocycles. The number of nitrogens with one attached hydrogen (secondary N) is 1. The first kappa shape index (κ1) is 19.7. The number of amides is 1. The van der Waals surface area contributed by atoms with E-state index in [1.165, 1.54) is 12.1 Å². The van der Waals surface area contributed by atoms with Gasteiger partial charge >= 0.3 is 12.3 Å². The van der Waals surface area contributed by atoms with Crippen LogP contribution in [0.15, 0.2) is 53.0 Å². The Morgan fingerprint density at radius 1 is 1.15 bits per heavy atom. The Bertz CT molecular complexity index is 840. The number of ether oxygens (including phenoxy) is 1. The van der Waals surface area contributed by atoms with E-state index in [1.807, 2.05) is 31.2 Å². The molecule has 3 rings (SSSR count). The monoisotopic (exact) mass is 441 g/mol. The molecule has 0 aromatic heterocycles. The van der Waals surface area contributed by atoms with Crippen LogP contribution in [0, 0.1) is 0 Å². The van der Waals surface area contributed by atoms with Gasteiger partial charge in [0.2, 0.25) is 0 Å². The highest BCUT2D eigenvalue weighted by molar-refractivity contribution is 9.10. The van der Waals surface area contributed by atoms with Gasteiger partial charge in [-0.1, -0.05) is 65.7 Å². The van der Waals surface area contributed by atoms with Crippen molar-refractivity contribution >= 4 is 22.0 Å². The molecule has 1 amide bonds. The van der Waals surface area contributed by atoms with Crippen LogP contribution in [-0.4, -0.2) is 18.7 Å². The number of halogens is 4. The van der Waals surface area contributed by atoms with Gasteiger partial charge in [0.1, 0.15) is 6.10 Å². The summed E-state index contributed by atoms with van der Waals surface area (Å²) in [7, 11) is 0. The molecule has 0 aliphatic carbocycles. The van der Waals surface area contributed by atoms with Gasteiger partial charge in [0.05, 0.1) is 17.5 Å². The molecule has 3 nitrogen and oxygen atoms in total. The van der Waals surface area contributed by atoms with E-state index in [0.29, 0.717) is 18.4 Å². The van der Waals surface area contributed by atoms with Crippen LogP contribution >= 0.6 is 15.9 Å². The predicted octanol–water partition coefficient (Wildman–Crippen LogP) is 5.66. The number of carbonyl (C=O) groups excluding carboxylic acids is 1. The minimum Gasteiger partial charge on any atom is -0.443 e. The molecule has 2 atom stereocenters. The highest BCUT2D eigenvalue weighted by atomic mass is 79.9. The molecule has 1 N–H and O–H groups in total. The van der Waals surface area contributed by atoms with Gasteiger partial charge in [-0.2, -0.15) is 13.2 Å². The molecular formula is C20H19BrF3NO2. The van der Waals surface area contributed by atoms with Gasteiger partial charge in [-0.05, 0) is 29.7 Å². The molecule has 0 radical (unpaired) electrons. The lowest BCUT2D eigenvalue weighted by Gasteiger charge is -2.39. The van der Waals surface area contributed by atoms with Crippen LogP contribution in [0.1, 0.15) is 36.5 Å². The van der Waals surface area contributed by atoms with Crippen LogP contribution in [0.4, 0.5) is 18.0 Å². The molecule has 1 fully saturated rings. The third kappa shape index (κ3) is 3.70. The average molecular weight is 442 g/mol. The molecule has 1 saturated heterocycles. The third-order valence-corrected chi connectivity index (χ3v) is 5.63. The Balaban J connectivity index is 2.27. The minimum atomic E-state index is -4.45. The fraction of sp³-hybridized carbons (Fsp3) is 0.350. The first-order valence-corrected chi connectivity index (χ1v) is 9.45. The Hall–Kier alpha value is -2.02. The molecule has 144 valence electrons. The van der Waals surface area contributed by atoms with Crippen molar-refractivity contribution < 1.29 is 22.7 Å². The van der Waals surface area contributed by atoms with Gasteiger partial charge in [-0.25, -0.2) is 4.79 Å². The van der Waals surface area contributed by atoms with Gasteiger partial charge in [-0.3, -0.25) is 0 Å². The first-order valence-electron chi connectivity index (χ1n) is 8.66. The van der Waals surface area contributed by atoms with Crippen molar-refractivity contribution in [3.63, 3.8) is 0 Å². The molecule has 27 heavy (non-hydrogen) atoms. The number of rotatable bonds is 5. The van der Waals surface area contributed by atoms with Crippen LogP contribution in [0.3, 0.4) is 0 Å². The molecule has 0 bridgehead atoms. The quantitative estimate of drug-likeness (QED) is 0.649. The van der Waals surface area contributed by atoms with Crippen LogP contribution in [0.2, 0.25) is 0 Å². The molecule has 0 spiro atoms. The zero-order chi connectivity index (χ0) is 19.7. The van der Waals surface area contributed by atoms with E-state index >= 15 is 0 Å². The maximum absolute atomic E-state index is 13.4. The van der Waals surface area contributed by atoms with E-state index in [1.54, 1.807) is 6.07 Å². The minimum absolute atomic E-state index is 0.233. The topological polar surface area (TPSA) is 38.3 Å². The highest BCUT2D eigenvalue weighted by Crippen LogP contribution is 2.46. The maximum atomic E-state index is 13.4.